The molecular weight excluding hydrogens is 312 g/mol. The second kappa shape index (κ2) is 5.83. The molecule has 0 saturated carbocycles. The van der Waals surface area contributed by atoms with Crippen molar-refractivity contribution >= 4 is 27.5 Å². The van der Waals surface area contributed by atoms with Crippen LogP contribution in [0.2, 0.25) is 5.02 Å². The van der Waals surface area contributed by atoms with Crippen LogP contribution in [0.1, 0.15) is 31.9 Å². The molecule has 1 aliphatic rings. The molecule has 2 rings (SSSR count). The predicted octanol–water partition coefficient (Wildman–Crippen LogP) is 4.87. The predicted molar refractivity (Wildman–Crippen MR) is 81.1 cm³/mol. The summed E-state index contributed by atoms with van der Waals surface area (Å²) in [6, 6.07) is 4.10. The Morgan fingerprint density at radius 2 is 2.06 bits per heavy atom. The topological polar surface area (TPSA) is 9.23 Å². The summed E-state index contributed by atoms with van der Waals surface area (Å²) in [7, 11) is 0. The Balaban J connectivity index is 2.28. The van der Waals surface area contributed by atoms with Crippen LogP contribution < -0.4 is 4.74 Å². The van der Waals surface area contributed by atoms with E-state index in [0.29, 0.717) is 16.7 Å². The van der Waals surface area contributed by atoms with E-state index in [1.54, 1.807) is 0 Å². The maximum Gasteiger partial charge on any atom is 0.125 e. The van der Waals surface area contributed by atoms with Crippen molar-refractivity contribution in [1.29, 1.82) is 0 Å². The summed E-state index contributed by atoms with van der Waals surface area (Å²) >= 11 is 9.93. The van der Waals surface area contributed by atoms with Gasteiger partial charge in [-0.2, -0.15) is 0 Å². The lowest BCUT2D eigenvalue weighted by Gasteiger charge is -2.24. The number of alkyl halides is 1. The first-order valence-corrected chi connectivity index (χ1v) is 7.86. The number of ether oxygens (including phenoxy) is 1. The minimum absolute atomic E-state index is 0.494. The molecule has 0 N–H and O–H groups in total. The van der Waals surface area contributed by atoms with E-state index in [0.717, 1.165) is 30.2 Å². The Kier molecular flexibility index (Phi) is 4.60. The molecule has 0 aliphatic carbocycles. The maximum absolute atomic E-state index is 6.20. The summed E-state index contributed by atoms with van der Waals surface area (Å²) in [5, 5.41) is 0.832. The monoisotopic (exact) mass is 330 g/mol. The highest BCUT2D eigenvalue weighted by atomic mass is 79.9. The molecule has 0 aromatic heterocycles. The van der Waals surface area contributed by atoms with E-state index in [9.17, 15) is 0 Å². The van der Waals surface area contributed by atoms with Crippen molar-refractivity contribution in [2.45, 2.75) is 38.4 Å². The summed E-state index contributed by atoms with van der Waals surface area (Å²) in [5.41, 5.74) is 2.53. The molecule has 0 bridgehead atoms. The molecule has 1 aliphatic heterocycles. The average Bonchev–Trinajstić information content (AvgIpc) is 2.72. The molecule has 1 nitrogen and oxygen atoms in total. The number of benzene rings is 1. The van der Waals surface area contributed by atoms with Crippen LogP contribution in [0.15, 0.2) is 12.1 Å². The largest absolute Gasteiger partial charge is 0.493 e. The molecule has 0 saturated heterocycles. The quantitative estimate of drug-likeness (QED) is 0.715. The zero-order valence-electron chi connectivity index (χ0n) is 11.2. The van der Waals surface area contributed by atoms with Gasteiger partial charge in [-0.15, -0.1) is 0 Å². The molecular formula is C15H20BrClO. The maximum atomic E-state index is 6.20. The van der Waals surface area contributed by atoms with E-state index >= 15 is 0 Å². The highest BCUT2D eigenvalue weighted by Gasteiger charge is 2.24. The lowest BCUT2D eigenvalue weighted by Crippen LogP contribution is -2.20. The zero-order valence-corrected chi connectivity index (χ0v) is 13.5. The number of hydrogen-bond acceptors (Lipinski definition) is 1. The fraction of sp³-hybridized carbons (Fsp3) is 0.600. The molecule has 2 atom stereocenters. The molecule has 3 heteroatoms. The van der Waals surface area contributed by atoms with Crippen molar-refractivity contribution in [2.75, 3.05) is 6.61 Å². The molecule has 0 spiro atoms. The lowest BCUT2D eigenvalue weighted by atomic mass is 9.86. The van der Waals surface area contributed by atoms with Gasteiger partial charge in [0.2, 0.25) is 0 Å². The second-order valence-electron chi connectivity index (χ2n) is 5.44. The number of fused-ring (bicyclic) bond motifs is 1. The third-order valence-electron chi connectivity index (χ3n) is 3.73. The van der Waals surface area contributed by atoms with Gasteiger partial charge in [0.1, 0.15) is 5.75 Å². The van der Waals surface area contributed by atoms with Crippen LogP contribution in [0, 0.1) is 11.8 Å². The van der Waals surface area contributed by atoms with Gasteiger partial charge in [-0.1, -0.05) is 48.3 Å². The van der Waals surface area contributed by atoms with Crippen LogP contribution in [0.3, 0.4) is 0 Å². The summed E-state index contributed by atoms with van der Waals surface area (Å²) in [4.78, 5) is 0.494. The average molecular weight is 332 g/mol. The Labute approximate surface area is 123 Å². The van der Waals surface area contributed by atoms with E-state index in [4.69, 9.17) is 16.3 Å². The number of rotatable bonds is 4. The first-order valence-electron chi connectivity index (χ1n) is 6.57. The van der Waals surface area contributed by atoms with E-state index in [-0.39, 0.29) is 0 Å². The van der Waals surface area contributed by atoms with Crippen LogP contribution in [-0.2, 0) is 12.8 Å². The summed E-state index contributed by atoms with van der Waals surface area (Å²) in [6.07, 6.45) is 2.01. The van der Waals surface area contributed by atoms with Crippen LogP contribution in [0.4, 0.5) is 0 Å². The highest BCUT2D eigenvalue weighted by molar-refractivity contribution is 9.09. The summed E-state index contributed by atoms with van der Waals surface area (Å²) in [5.74, 6) is 2.31. The minimum Gasteiger partial charge on any atom is -0.493 e. The Bertz CT molecular complexity index is 421. The molecule has 1 heterocycles. The molecule has 2 unspecified atom stereocenters. The van der Waals surface area contributed by atoms with Crippen molar-refractivity contribution in [3.8, 4) is 5.75 Å². The van der Waals surface area contributed by atoms with Gasteiger partial charge in [-0.25, -0.2) is 0 Å². The Morgan fingerprint density at radius 3 is 2.67 bits per heavy atom. The molecule has 0 amide bonds. The molecule has 0 radical (unpaired) electrons. The van der Waals surface area contributed by atoms with Crippen LogP contribution in [0.25, 0.3) is 0 Å². The summed E-state index contributed by atoms with van der Waals surface area (Å²) in [6.45, 7) is 7.55. The van der Waals surface area contributed by atoms with Crippen LogP contribution in [-0.4, -0.2) is 11.4 Å². The van der Waals surface area contributed by atoms with E-state index in [1.165, 1.54) is 11.1 Å². The first kappa shape index (κ1) is 14.2. The SMILES string of the molecule is CC(C)C(Cc1cc(Cl)cc2c1OCC2)C(C)Br. The van der Waals surface area contributed by atoms with Crippen molar-refractivity contribution in [2.24, 2.45) is 11.8 Å². The van der Waals surface area contributed by atoms with Gasteiger partial charge in [-0.05, 0) is 41.5 Å². The van der Waals surface area contributed by atoms with Crippen molar-refractivity contribution in [3.05, 3.63) is 28.3 Å². The van der Waals surface area contributed by atoms with Gasteiger partial charge in [0.05, 0.1) is 6.61 Å². The lowest BCUT2D eigenvalue weighted by molar-refractivity contribution is 0.342. The number of halogens is 2. The number of hydrogen-bond donors (Lipinski definition) is 0. The molecule has 1 aromatic rings. The molecule has 0 fully saturated rings. The Hall–Kier alpha value is -0.210. The fourth-order valence-electron chi connectivity index (χ4n) is 2.68. The van der Waals surface area contributed by atoms with E-state index < -0.39 is 0 Å². The van der Waals surface area contributed by atoms with Crippen LogP contribution in [0.5, 0.6) is 5.75 Å². The van der Waals surface area contributed by atoms with Gasteiger partial charge >= 0.3 is 0 Å². The first-order chi connectivity index (χ1) is 8.49. The standard InChI is InChI=1S/C15H20BrClO/c1-9(2)14(10(3)16)8-12-7-13(17)6-11-4-5-18-15(11)12/h6-7,9-10,14H,4-5,8H2,1-3H3. The van der Waals surface area contributed by atoms with Gasteiger partial charge in [0.25, 0.3) is 0 Å². The second-order valence-corrected chi connectivity index (χ2v) is 7.32. The van der Waals surface area contributed by atoms with Gasteiger partial charge in [0, 0.05) is 16.3 Å². The van der Waals surface area contributed by atoms with Gasteiger partial charge in [-0.3, -0.25) is 0 Å². The molecule has 1 aromatic carbocycles. The fourth-order valence-corrected chi connectivity index (χ4v) is 3.74. The van der Waals surface area contributed by atoms with Gasteiger partial charge in [0.15, 0.2) is 0 Å². The highest BCUT2D eigenvalue weighted by Crippen LogP contribution is 2.36. The van der Waals surface area contributed by atoms with Crippen molar-refractivity contribution in [3.63, 3.8) is 0 Å². The van der Waals surface area contributed by atoms with Crippen molar-refractivity contribution in [1.82, 2.24) is 0 Å². The van der Waals surface area contributed by atoms with Crippen LogP contribution >= 0.6 is 27.5 Å². The normalized spacial score (nSPS) is 17.4. The molecule has 100 valence electrons. The summed E-state index contributed by atoms with van der Waals surface area (Å²) < 4.78 is 5.77. The van der Waals surface area contributed by atoms with Crippen molar-refractivity contribution < 1.29 is 4.74 Å². The third-order valence-corrected chi connectivity index (χ3v) is 4.62. The minimum atomic E-state index is 0.494. The smallest absolute Gasteiger partial charge is 0.125 e. The third kappa shape index (κ3) is 3.03. The Morgan fingerprint density at radius 1 is 1.33 bits per heavy atom. The van der Waals surface area contributed by atoms with Gasteiger partial charge < -0.3 is 4.74 Å². The zero-order chi connectivity index (χ0) is 13.3. The van der Waals surface area contributed by atoms with E-state index in [1.807, 2.05) is 6.07 Å². The molecule has 18 heavy (non-hydrogen) atoms. The van der Waals surface area contributed by atoms with E-state index in [2.05, 4.69) is 42.8 Å².